The largest absolute Gasteiger partial charge is 0.443 e. The molecular formula is C32H64N4O13S4. The third kappa shape index (κ3) is 16.9. The third-order valence-corrected chi connectivity index (χ3v) is 17.0. The third-order valence-electron chi connectivity index (χ3n) is 9.16. The van der Waals surface area contributed by atoms with Gasteiger partial charge in [-0.2, -0.15) is 0 Å². The number of primary sulfonamides is 2. The van der Waals surface area contributed by atoms with Gasteiger partial charge in [0.15, 0.2) is 0 Å². The fourth-order valence-corrected chi connectivity index (χ4v) is 9.65. The molecule has 0 aromatic heterocycles. The Morgan fingerprint density at radius 1 is 0.623 bits per heavy atom. The van der Waals surface area contributed by atoms with Crippen LogP contribution in [0.25, 0.3) is 0 Å². The van der Waals surface area contributed by atoms with Gasteiger partial charge in [0.05, 0.1) is 19.5 Å². The minimum absolute atomic E-state index is 0.407. The highest BCUT2D eigenvalue weighted by Crippen LogP contribution is 2.46. The van der Waals surface area contributed by atoms with E-state index in [0.29, 0.717) is 44.9 Å². The van der Waals surface area contributed by atoms with E-state index in [9.17, 15) is 43.3 Å². The lowest BCUT2D eigenvalue weighted by molar-refractivity contribution is 0.0557. The first-order chi connectivity index (χ1) is 23.9. The maximum Gasteiger partial charge on any atom is 0.421 e. The smallest absolute Gasteiger partial charge is 0.421 e. The first-order valence-corrected chi connectivity index (χ1v) is 24.1. The Balaban J connectivity index is 0.000000346. The van der Waals surface area contributed by atoms with E-state index in [2.05, 4.69) is 0 Å². The van der Waals surface area contributed by atoms with Crippen LogP contribution in [-0.4, -0.2) is 89.8 Å². The number of rotatable bonds is 9. The van der Waals surface area contributed by atoms with Gasteiger partial charge < -0.3 is 14.2 Å². The minimum Gasteiger partial charge on any atom is -0.443 e. The average Bonchev–Trinajstić information content (AvgIpc) is 3.79. The predicted octanol–water partition coefficient (Wildman–Crippen LogP) is 4.02. The van der Waals surface area contributed by atoms with Gasteiger partial charge in [0.2, 0.25) is 40.1 Å². The maximum atomic E-state index is 11.8. The topological polar surface area (TPSA) is 274 Å². The molecule has 0 unspecified atom stereocenters. The highest BCUT2D eigenvalue weighted by atomic mass is 32.2. The standard InChI is InChI=1S/C10H19NO4S.C8H15NO4S.2C5H11NO2S.C4H8O/c1-5-10(6-7-10)16(13,14)11-8(12)15-9(2,3)4;1-8(2,3)13-7(10)9-14(11,12)6-4-5-6;2*1-2-5(3-4-5)9(6,7)8;1-2-4-5-3-1/h5-7H2,1-4H3,(H,11,12);6H,4-5H2,1-3H3,(H,9,10);2*2-4H2,1H3,(H2,6,7,8);1-4H2. The molecule has 1 heterocycles. The molecule has 21 heteroatoms. The van der Waals surface area contributed by atoms with Crippen molar-refractivity contribution in [3.63, 3.8) is 0 Å². The van der Waals surface area contributed by atoms with Crippen molar-refractivity contribution in [3.8, 4) is 0 Å². The van der Waals surface area contributed by atoms with E-state index < -0.39 is 83.0 Å². The van der Waals surface area contributed by atoms with Crippen molar-refractivity contribution < 1.29 is 57.5 Å². The van der Waals surface area contributed by atoms with Gasteiger partial charge >= 0.3 is 12.2 Å². The molecule has 5 aliphatic rings. The van der Waals surface area contributed by atoms with Crippen LogP contribution in [0, 0.1) is 0 Å². The number of sulfonamides is 4. The summed E-state index contributed by atoms with van der Waals surface area (Å²) in [5.41, 5.74) is -1.37. The van der Waals surface area contributed by atoms with Crippen LogP contribution in [0.5, 0.6) is 0 Å². The van der Waals surface area contributed by atoms with Gasteiger partial charge in [0.1, 0.15) is 11.2 Å². The Bertz CT molecular complexity index is 1610. The van der Waals surface area contributed by atoms with Gasteiger partial charge in [0, 0.05) is 13.2 Å². The lowest BCUT2D eigenvalue weighted by Gasteiger charge is -2.21. The Hall–Kier alpha value is -1.78. The molecule has 5 rings (SSSR count). The summed E-state index contributed by atoms with van der Waals surface area (Å²) in [6.45, 7) is 17.6. The van der Waals surface area contributed by atoms with Crippen LogP contribution in [-0.2, 0) is 54.3 Å². The van der Waals surface area contributed by atoms with Crippen LogP contribution in [0.1, 0.15) is 146 Å². The summed E-state index contributed by atoms with van der Waals surface area (Å²) in [5.74, 6) is 0. The highest BCUT2D eigenvalue weighted by molar-refractivity contribution is 7.92. The van der Waals surface area contributed by atoms with Crippen LogP contribution >= 0.6 is 0 Å². The summed E-state index contributed by atoms with van der Waals surface area (Å²) in [5, 5.41) is 9.51. The van der Waals surface area contributed by atoms with Gasteiger partial charge in [-0.25, -0.2) is 63.0 Å². The van der Waals surface area contributed by atoms with Crippen molar-refractivity contribution >= 4 is 52.3 Å². The predicted molar refractivity (Wildman–Crippen MR) is 203 cm³/mol. The monoisotopic (exact) mass is 840 g/mol. The summed E-state index contributed by atoms with van der Waals surface area (Å²) in [4.78, 5) is 22.4. The lowest BCUT2D eigenvalue weighted by Crippen LogP contribution is -2.42. The molecule has 0 spiro atoms. The molecule has 0 aromatic carbocycles. The van der Waals surface area contributed by atoms with Gasteiger partial charge in [-0.15, -0.1) is 0 Å². The first-order valence-electron chi connectivity index (χ1n) is 18.0. The molecule has 4 saturated carbocycles. The summed E-state index contributed by atoms with van der Waals surface area (Å²) in [6.07, 6.45) is 8.08. The van der Waals surface area contributed by atoms with E-state index in [1.54, 1.807) is 48.5 Å². The fourth-order valence-electron chi connectivity index (χ4n) is 4.81. The molecule has 4 aliphatic carbocycles. The minimum atomic E-state index is -3.59. The summed E-state index contributed by atoms with van der Waals surface area (Å²) >= 11 is 0. The number of amides is 2. The number of hydrogen-bond acceptors (Lipinski definition) is 13. The molecule has 314 valence electrons. The van der Waals surface area contributed by atoms with E-state index >= 15 is 0 Å². The van der Waals surface area contributed by atoms with E-state index in [-0.39, 0.29) is 0 Å². The first kappa shape index (κ1) is 49.2. The SMILES string of the molecule is C1CCOC1.CC(C)(C)OC(=O)NS(=O)(=O)C1CC1.CCC1(S(=O)(=O)NC(=O)OC(C)(C)C)CC1.CCC1(S(N)(=O)=O)CC1.CCC1(S(N)(=O)=O)CC1. The second kappa shape index (κ2) is 18.4. The fraction of sp³-hybridized carbons (Fsp3) is 0.938. The quantitative estimate of drug-likeness (QED) is 0.256. The van der Waals surface area contributed by atoms with Crippen molar-refractivity contribution in [2.24, 2.45) is 10.3 Å². The molecular weight excluding hydrogens is 777 g/mol. The second-order valence-corrected chi connectivity index (χ2v) is 23.9. The van der Waals surface area contributed by atoms with Gasteiger partial charge in [0.25, 0.3) is 0 Å². The molecule has 0 atom stereocenters. The summed E-state index contributed by atoms with van der Waals surface area (Å²) in [6, 6.07) is 0. The molecule has 0 radical (unpaired) electrons. The number of ether oxygens (including phenoxy) is 3. The van der Waals surface area contributed by atoms with E-state index in [1.165, 1.54) is 12.8 Å². The number of nitrogens with one attached hydrogen (secondary N) is 2. The maximum absolute atomic E-state index is 11.8. The molecule has 53 heavy (non-hydrogen) atoms. The Kier molecular flexibility index (Phi) is 17.1. The van der Waals surface area contributed by atoms with Crippen molar-refractivity contribution in [2.75, 3.05) is 13.2 Å². The Labute approximate surface area is 318 Å². The lowest BCUT2D eigenvalue weighted by atomic mass is 10.2. The second-order valence-electron chi connectivity index (χ2n) is 16.0. The van der Waals surface area contributed by atoms with Gasteiger partial charge in [-0.1, -0.05) is 20.8 Å². The van der Waals surface area contributed by atoms with Crippen molar-refractivity contribution in [1.82, 2.24) is 9.44 Å². The molecule has 1 saturated heterocycles. The van der Waals surface area contributed by atoms with Crippen molar-refractivity contribution in [1.29, 1.82) is 0 Å². The number of nitrogens with two attached hydrogens (primary N) is 2. The van der Waals surface area contributed by atoms with Crippen LogP contribution in [0.3, 0.4) is 0 Å². The summed E-state index contributed by atoms with van der Waals surface area (Å²) in [7, 11) is -13.6. The molecule has 0 aromatic rings. The highest BCUT2D eigenvalue weighted by Gasteiger charge is 2.54. The van der Waals surface area contributed by atoms with Crippen molar-refractivity contribution in [2.45, 2.75) is 176 Å². The Morgan fingerprint density at radius 3 is 1.13 bits per heavy atom. The average molecular weight is 841 g/mol. The molecule has 0 bridgehead atoms. The zero-order valence-electron chi connectivity index (χ0n) is 32.8. The number of carbonyl (C=O) groups excluding carboxylic acids is 2. The molecule has 1 aliphatic heterocycles. The molecule has 17 nitrogen and oxygen atoms in total. The molecule has 2 amide bonds. The zero-order valence-corrected chi connectivity index (χ0v) is 36.0. The number of hydrogen-bond donors (Lipinski definition) is 4. The van der Waals surface area contributed by atoms with E-state index in [4.69, 9.17) is 24.5 Å². The van der Waals surface area contributed by atoms with Gasteiger partial charge in [-0.3, -0.25) is 0 Å². The van der Waals surface area contributed by atoms with Crippen LogP contribution in [0.15, 0.2) is 0 Å². The molecule has 6 N–H and O–H groups in total. The van der Waals surface area contributed by atoms with Crippen LogP contribution in [0.4, 0.5) is 9.59 Å². The normalized spacial score (nSPS) is 20.7. The van der Waals surface area contributed by atoms with Gasteiger partial charge in [-0.05, 0) is 125 Å². The summed E-state index contributed by atoms with van der Waals surface area (Å²) < 4.78 is 106. The molecule has 5 fully saturated rings. The van der Waals surface area contributed by atoms with E-state index in [1.807, 2.05) is 23.3 Å². The zero-order chi connectivity index (χ0) is 41.4. The Morgan fingerprint density at radius 2 is 0.943 bits per heavy atom. The van der Waals surface area contributed by atoms with E-state index in [0.717, 1.165) is 38.9 Å². The van der Waals surface area contributed by atoms with Crippen molar-refractivity contribution in [3.05, 3.63) is 0 Å². The van der Waals surface area contributed by atoms with Crippen LogP contribution < -0.4 is 19.7 Å². The number of carbonyl (C=O) groups is 2. The van der Waals surface area contributed by atoms with Crippen LogP contribution in [0.2, 0.25) is 0 Å².